The van der Waals surface area contributed by atoms with Gasteiger partial charge in [0.15, 0.2) is 0 Å². The molecule has 1 heterocycles. The number of nitrogens with one attached hydrogen (secondary N) is 2. The van der Waals surface area contributed by atoms with Gasteiger partial charge in [-0.15, -0.1) is 0 Å². The first-order valence-electron chi connectivity index (χ1n) is 5.25. The number of rotatable bonds is 5. The predicted molar refractivity (Wildman–Crippen MR) is 70.8 cm³/mol. The minimum Gasteiger partial charge on any atom is -0.351 e. The van der Waals surface area contributed by atoms with Gasteiger partial charge in [0.1, 0.15) is 0 Å². The highest BCUT2D eigenvalue weighted by Gasteiger charge is 2.07. The van der Waals surface area contributed by atoms with Gasteiger partial charge in [0.05, 0.1) is 0 Å². The smallest absolute Gasteiger partial charge is 0.243 e. The molecule has 0 aliphatic rings. The molecule has 0 aliphatic carbocycles. The third kappa shape index (κ3) is 5.29. The zero-order valence-electron chi connectivity index (χ0n) is 9.94. The summed E-state index contributed by atoms with van der Waals surface area (Å²) in [6.07, 6.45) is 3.11. The maximum absolute atomic E-state index is 11.2. The molecule has 0 aromatic carbocycles. The van der Waals surface area contributed by atoms with Crippen molar-refractivity contribution in [2.45, 2.75) is 19.9 Å². The highest BCUT2D eigenvalue weighted by molar-refractivity contribution is 6.31. The minimum atomic E-state index is -0.155. The van der Waals surface area contributed by atoms with Crippen molar-refractivity contribution in [1.82, 2.24) is 20.3 Å². The molecule has 1 unspecified atom stereocenters. The molecule has 8 heteroatoms. The van der Waals surface area contributed by atoms with E-state index in [4.69, 9.17) is 23.2 Å². The standard InChI is InChI=1S/C10H13Cl2N5O/c1-3-4-7(18)13-5-6(2)14-10-16-8(11)15-9(12)17-10/h3-4,6H,5H2,1-2H3,(H,13,18)(H,14,15,16,17). The van der Waals surface area contributed by atoms with Crippen LogP contribution in [0.3, 0.4) is 0 Å². The number of carbonyl (C=O) groups excluding carboxylic acids is 1. The Morgan fingerprint density at radius 3 is 2.50 bits per heavy atom. The van der Waals surface area contributed by atoms with Crippen LogP contribution in [-0.2, 0) is 4.79 Å². The minimum absolute atomic E-state index is 0.0163. The zero-order chi connectivity index (χ0) is 13.5. The van der Waals surface area contributed by atoms with Gasteiger partial charge in [-0.2, -0.15) is 15.0 Å². The first-order valence-corrected chi connectivity index (χ1v) is 6.01. The Bertz CT molecular complexity index is 432. The fourth-order valence-electron chi connectivity index (χ4n) is 1.13. The molecular weight excluding hydrogens is 277 g/mol. The lowest BCUT2D eigenvalue weighted by Crippen LogP contribution is -2.34. The molecule has 0 saturated carbocycles. The van der Waals surface area contributed by atoms with Crippen molar-refractivity contribution in [3.05, 3.63) is 22.7 Å². The summed E-state index contributed by atoms with van der Waals surface area (Å²) in [5.74, 6) is 0.116. The van der Waals surface area contributed by atoms with Crippen LogP contribution in [0.5, 0.6) is 0 Å². The van der Waals surface area contributed by atoms with Crippen LogP contribution in [0.25, 0.3) is 0 Å². The molecule has 0 saturated heterocycles. The van der Waals surface area contributed by atoms with Crippen molar-refractivity contribution < 1.29 is 4.79 Å². The number of hydrogen-bond donors (Lipinski definition) is 2. The second kappa shape index (κ2) is 7.13. The second-order valence-electron chi connectivity index (χ2n) is 3.49. The third-order valence-corrected chi connectivity index (χ3v) is 2.19. The lowest BCUT2D eigenvalue weighted by molar-refractivity contribution is -0.116. The van der Waals surface area contributed by atoms with Gasteiger partial charge in [-0.25, -0.2) is 0 Å². The number of hydrogen-bond acceptors (Lipinski definition) is 5. The largest absolute Gasteiger partial charge is 0.351 e. The lowest BCUT2D eigenvalue weighted by Gasteiger charge is -2.13. The van der Waals surface area contributed by atoms with Crippen molar-refractivity contribution in [2.75, 3.05) is 11.9 Å². The number of halogens is 2. The van der Waals surface area contributed by atoms with E-state index >= 15 is 0 Å². The zero-order valence-corrected chi connectivity index (χ0v) is 11.5. The number of anilines is 1. The molecular formula is C10H13Cl2N5O. The molecule has 6 nitrogen and oxygen atoms in total. The Hall–Kier alpha value is -1.40. The Kier molecular flexibility index (Phi) is 5.80. The van der Waals surface area contributed by atoms with Crippen LogP contribution in [0.15, 0.2) is 12.2 Å². The van der Waals surface area contributed by atoms with Gasteiger partial charge in [0, 0.05) is 12.6 Å². The van der Waals surface area contributed by atoms with E-state index in [1.54, 1.807) is 13.0 Å². The molecule has 1 atom stereocenters. The Morgan fingerprint density at radius 2 is 1.94 bits per heavy atom. The first-order chi connectivity index (χ1) is 8.51. The van der Waals surface area contributed by atoms with E-state index < -0.39 is 0 Å². The molecule has 1 amide bonds. The number of carbonyl (C=O) groups is 1. The molecule has 0 spiro atoms. The van der Waals surface area contributed by atoms with Crippen molar-refractivity contribution in [2.24, 2.45) is 0 Å². The number of aromatic nitrogens is 3. The summed E-state index contributed by atoms with van der Waals surface area (Å²) in [4.78, 5) is 22.5. The van der Waals surface area contributed by atoms with E-state index in [1.807, 2.05) is 6.92 Å². The van der Waals surface area contributed by atoms with Crippen LogP contribution in [0.4, 0.5) is 5.95 Å². The average Bonchev–Trinajstić information content (AvgIpc) is 2.25. The van der Waals surface area contributed by atoms with Gasteiger partial charge in [-0.3, -0.25) is 4.79 Å². The summed E-state index contributed by atoms with van der Waals surface area (Å²) in [6, 6.07) is -0.0752. The van der Waals surface area contributed by atoms with Gasteiger partial charge < -0.3 is 10.6 Å². The molecule has 0 radical (unpaired) electrons. The Balaban J connectivity index is 2.49. The monoisotopic (exact) mass is 289 g/mol. The number of allylic oxidation sites excluding steroid dienone is 1. The average molecular weight is 290 g/mol. The summed E-state index contributed by atoms with van der Waals surface area (Å²) in [6.45, 7) is 4.06. The molecule has 1 rings (SSSR count). The summed E-state index contributed by atoms with van der Waals surface area (Å²) >= 11 is 11.3. The van der Waals surface area contributed by atoms with Crippen LogP contribution in [0.2, 0.25) is 10.6 Å². The molecule has 0 bridgehead atoms. The Morgan fingerprint density at radius 1 is 1.33 bits per heavy atom. The maximum atomic E-state index is 11.2. The van der Waals surface area contributed by atoms with Gasteiger partial charge in [0.25, 0.3) is 0 Å². The van der Waals surface area contributed by atoms with Crippen molar-refractivity contribution in [3.8, 4) is 0 Å². The van der Waals surface area contributed by atoms with E-state index in [-0.39, 0.29) is 28.5 Å². The second-order valence-corrected chi connectivity index (χ2v) is 4.16. The molecule has 0 aliphatic heterocycles. The van der Waals surface area contributed by atoms with Crippen molar-refractivity contribution in [3.63, 3.8) is 0 Å². The number of amides is 1. The molecule has 18 heavy (non-hydrogen) atoms. The summed E-state index contributed by atoms with van der Waals surface area (Å²) in [5, 5.41) is 5.69. The molecule has 0 fully saturated rings. The van der Waals surface area contributed by atoms with Crippen LogP contribution in [-0.4, -0.2) is 33.4 Å². The molecule has 98 valence electrons. The van der Waals surface area contributed by atoms with Crippen molar-refractivity contribution in [1.29, 1.82) is 0 Å². The summed E-state index contributed by atoms with van der Waals surface area (Å²) in [7, 11) is 0. The Labute approximate surface area is 115 Å². The molecule has 2 N–H and O–H groups in total. The van der Waals surface area contributed by atoms with Crippen LogP contribution in [0, 0.1) is 0 Å². The highest BCUT2D eigenvalue weighted by Crippen LogP contribution is 2.10. The highest BCUT2D eigenvalue weighted by atomic mass is 35.5. The predicted octanol–water partition coefficient (Wildman–Crippen LogP) is 1.67. The van der Waals surface area contributed by atoms with Gasteiger partial charge in [-0.05, 0) is 43.1 Å². The molecule has 1 aromatic heterocycles. The fourth-order valence-corrected chi connectivity index (χ4v) is 1.49. The summed E-state index contributed by atoms with van der Waals surface area (Å²) in [5.41, 5.74) is 0. The maximum Gasteiger partial charge on any atom is 0.243 e. The lowest BCUT2D eigenvalue weighted by atomic mass is 10.3. The van der Waals surface area contributed by atoms with E-state index in [0.717, 1.165) is 0 Å². The normalized spacial score (nSPS) is 12.4. The first kappa shape index (κ1) is 14.7. The van der Waals surface area contributed by atoms with Crippen LogP contribution < -0.4 is 10.6 Å². The van der Waals surface area contributed by atoms with E-state index in [1.165, 1.54) is 6.08 Å². The van der Waals surface area contributed by atoms with E-state index in [2.05, 4.69) is 25.6 Å². The van der Waals surface area contributed by atoms with Gasteiger partial charge >= 0.3 is 0 Å². The van der Waals surface area contributed by atoms with E-state index in [9.17, 15) is 4.79 Å². The van der Waals surface area contributed by atoms with Crippen LogP contribution in [0.1, 0.15) is 13.8 Å². The van der Waals surface area contributed by atoms with Gasteiger partial charge in [-0.1, -0.05) is 6.08 Å². The molecule has 1 aromatic rings. The van der Waals surface area contributed by atoms with Crippen LogP contribution >= 0.6 is 23.2 Å². The van der Waals surface area contributed by atoms with E-state index in [0.29, 0.717) is 6.54 Å². The van der Waals surface area contributed by atoms with Crippen molar-refractivity contribution >= 4 is 35.1 Å². The quantitative estimate of drug-likeness (QED) is 0.806. The summed E-state index contributed by atoms with van der Waals surface area (Å²) < 4.78 is 0. The number of nitrogens with zero attached hydrogens (tertiary/aromatic N) is 3. The van der Waals surface area contributed by atoms with Gasteiger partial charge in [0.2, 0.25) is 22.4 Å². The third-order valence-electron chi connectivity index (χ3n) is 1.86. The SMILES string of the molecule is CC=CC(=O)NCC(C)Nc1nc(Cl)nc(Cl)n1. The topological polar surface area (TPSA) is 79.8 Å². The fraction of sp³-hybridized carbons (Fsp3) is 0.400.